The first-order valence-electron chi connectivity index (χ1n) is 6.33. The van der Waals surface area contributed by atoms with Crippen LogP contribution in [0.4, 0.5) is 0 Å². The van der Waals surface area contributed by atoms with Crippen LogP contribution in [0, 0.1) is 0 Å². The Kier molecular flexibility index (Phi) is 3.47. The molecule has 0 aliphatic rings. The Balaban J connectivity index is 1.89. The molecule has 1 aromatic heterocycles. The van der Waals surface area contributed by atoms with E-state index in [2.05, 4.69) is 14.7 Å². The first-order chi connectivity index (χ1) is 10.3. The van der Waals surface area contributed by atoms with Crippen molar-refractivity contribution in [1.82, 2.24) is 9.97 Å². The van der Waals surface area contributed by atoms with Gasteiger partial charge in [-0.3, -0.25) is 4.98 Å². The molecule has 0 N–H and O–H groups in total. The number of aromatic nitrogens is 2. The highest BCUT2D eigenvalue weighted by molar-refractivity contribution is 5.87. The summed E-state index contributed by atoms with van der Waals surface area (Å²) in [6, 6.07) is 13.7. The average molecular weight is 280 g/mol. The minimum absolute atomic E-state index is 0.107. The second kappa shape index (κ2) is 5.58. The van der Waals surface area contributed by atoms with Gasteiger partial charge in [0, 0.05) is 0 Å². The Hall–Kier alpha value is -2.95. The van der Waals surface area contributed by atoms with Crippen molar-refractivity contribution in [2.24, 2.45) is 0 Å². The zero-order valence-electron chi connectivity index (χ0n) is 11.3. The number of methoxy groups -OCH3 is 1. The standard InChI is InChI=1S/C16H12N2O3/c1-20-16(19)14-9-17-10-15(18-14)21-13-7-6-11-4-2-3-5-12(11)8-13/h2-10H,1H3. The lowest BCUT2D eigenvalue weighted by molar-refractivity contribution is 0.0592. The van der Waals surface area contributed by atoms with Gasteiger partial charge in [0.05, 0.1) is 19.5 Å². The molecule has 0 saturated carbocycles. The first-order valence-corrected chi connectivity index (χ1v) is 6.33. The second-order valence-electron chi connectivity index (χ2n) is 4.35. The summed E-state index contributed by atoms with van der Waals surface area (Å²) in [5, 5.41) is 2.19. The summed E-state index contributed by atoms with van der Waals surface area (Å²) >= 11 is 0. The van der Waals surface area contributed by atoms with Gasteiger partial charge in [0.2, 0.25) is 5.88 Å². The molecule has 0 fully saturated rings. The van der Waals surface area contributed by atoms with Crippen LogP contribution in [0.2, 0.25) is 0 Å². The molecule has 21 heavy (non-hydrogen) atoms. The summed E-state index contributed by atoms with van der Waals surface area (Å²) in [6.07, 6.45) is 2.78. The lowest BCUT2D eigenvalue weighted by Crippen LogP contribution is -2.05. The summed E-state index contributed by atoms with van der Waals surface area (Å²) in [7, 11) is 1.29. The van der Waals surface area contributed by atoms with Gasteiger partial charge in [-0.05, 0) is 22.9 Å². The van der Waals surface area contributed by atoms with Crippen LogP contribution in [-0.4, -0.2) is 23.0 Å². The highest BCUT2D eigenvalue weighted by Crippen LogP contribution is 2.24. The molecule has 0 atom stereocenters. The molecule has 0 spiro atoms. The predicted molar refractivity (Wildman–Crippen MR) is 77.4 cm³/mol. The highest BCUT2D eigenvalue weighted by Gasteiger charge is 2.09. The summed E-state index contributed by atoms with van der Waals surface area (Å²) in [5.41, 5.74) is 0.107. The number of hydrogen-bond donors (Lipinski definition) is 0. The minimum atomic E-state index is -0.550. The number of carbonyl (C=O) groups excluding carboxylic acids is 1. The number of rotatable bonds is 3. The topological polar surface area (TPSA) is 61.3 Å². The molecule has 0 amide bonds. The van der Waals surface area contributed by atoms with Gasteiger partial charge in [0.15, 0.2) is 5.69 Å². The molecule has 2 aromatic carbocycles. The number of ether oxygens (including phenoxy) is 2. The third-order valence-electron chi connectivity index (χ3n) is 2.95. The second-order valence-corrected chi connectivity index (χ2v) is 4.35. The van der Waals surface area contributed by atoms with Crippen LogP contribution < -0.4 is 4.74 Å². The van der Waals surface area contributed by atoms with E-state index >= 15 is 0 Å². The third kappa shape index (κ3) is 2.81. The average Bonchev–Trinajstić information content (AvgIpc) is 2.54. The number of benzene rings is 2. The number of fused-ring (bicyclic) bond motifs is 1. The molecule has 0 unspecified atom stereocenters. The maximum Gasteiger partial charge on any atom is 0.358 e. The molecule has 104 valence electrons. The number of carbonyl (C=O) groups is 1. The highest BCUT2D eigenvalue weighted by atomic mass is 16.5. The number of hydrogen-bond acceptors (Lipinski definition) is 5. The Morgan fingerprint density at radius 1 is 1.05 bits per heavy atom. The lowest BCUT2D eigenvalue weighted by Gasteiger charge is -2.06. The van der Waals surface area contributed by atoms with Crippen LogP contribution in [0.3, 0.4) is 0 Å². The van der Waals surface area contributed by atoms with Gasteiger partial charge in [-0.1, -0.05) is 30.3 Å². The van der Waals surface area contributed by atoms with E-state index in [1.165, 1.54) is 19.5 Å². The molecule has 0 saturated heterocycles. The Labute approximate surface area is 121 Å². The maximum absolute atomic E-state index is 11.4. The SMILES string of the molecule is COC(=O)c1cncc(Oc2ccc3ccccc3c2)n1. The molecule has 0 radical (unpaired) electrons. The molecule has 1 heterocycles. The van der Waals surface area contributed by atoms with Crippen molar-refractivity contribution in [1.29, 1.82) is 0 Å². The molecule has 3 aromatic rings. The van der Waals surface area contributed by atoms with Crippen molar-refractivity contribution in [2.75, 3.05) is 7.11 Å². The fourth-order valence-electron chi connectivity index (χ4n) is 1.95. The smallest absolute Gasteiger partial charge is 0.358 e. The van der Waals surface area contributed by atoms with Gasteiger partial charge in [0.1, 0.15) is 5.75 Å². The van der Waals surface area contributed by atoms with E-state index in [-0.39, 0.29) is 11.6 Å². The van der Waals surface area contributed by atoms with Crippen LogP contribution in [0.15, 0.2) is 54.9 Å². The molecule has 3 rings (SSSR count). The molecule has 0 aliphatic carbocycles. The van der Waals surface area contributed by atoms with Crippen LogP contribution in [0.5, 0.6) is 11.6 Å². The fraction of sp³-hybridized carbons (Fsp3) is 0.0625. The van der Waals surface area contributed by atoms with E-state index in [4.69, 9.17) is 4.74 Å². The van der Waals surface area contributed by atoms with Gasteiger partial charge in [0.25, 0.3) is 0 Å². The van der Waals surface area contributed by atoms with Crippen molar-refractivity contribution < 1.29 is 14.3 Å². The monoisotopic (exact) mass is 280 g/mol. The van der Waals surface area contributed by atoms with Gasteiger partial charge in [-0.15, -0.1) is 0 Å². The van der Waals surface area contributed by atoms with Gasteiger partial charge in [-0.25, -0.2) is 9.78 Å². The third-order valence-corrected chi connectivity index (χ3v) is 2.95. The quantitative estimate of drug-likeness (QED) is 0.689. The van der Waals surface area contributed by atoms with Gasteiger partial charge >= 0.3 is 5.97 Å². The molecule has 0 aliphatic heterocycles. The van der Waals surface area contributed by atoms with Crippen LogP contribution in [0.25, 0.3) is 10.8 Å². The summed E-state index contributed by atoms with van der Waals surface area (Å²) in [5.74, 6) is 0.324. The molecule has 5 heteroatoms. The van der Waals surface area contributed by atoms with E-state index in [1.807, 2.05) is 42.5 Å². The zero-order valence-corrected chi connectivity index (χ0v) is 11.3. The molecular weight excluding hydrogens is 268 g/mol. The Morgan fingerprint density at radius 2 is 1.86 bits per heavy atom. The molecular formula is C16H12N2O3. The molecule has 0 bridgehead atoms. The predicted octanol–water partition coefficient (Wildman–Crippen LogP) is 3.21. The zero-order chi connectivity index (χ0) is 14.7. The van der Waals surface area contributed by atoms with Crippen LogP contribution in [-0.2, 0) is 4.74 Å². The van der Waals surface area contributed by atoms with Crippen molar-refractivity contribution >= 4 is 16.7 Å². The van der Waals surface area contributed by atoms with Crippen LogP contribution in [0.1, 0.15) is 10.5 Å². The van der Waals surface area contributed by atoms with E-state index in [0.29, 0.717) is 5.75 Å². The Bertz CT molecular complexity index is 802. The van der Waals surface area contributed by atoms with Gasteiger partial charge < -0.3 is 9.47 Å². The number of nitrogens with zero attached hydrogens (tertiary/aromatic N) is 2. The number of esters is 1. The summed E-state index contributed by atoms with van der Waals surface area (Å²) in [6.45, 7) is 0. The summed E-state index contributed by atoms with van der Waals surface area (Å²) < 4.78 is 10.2. The molecule has 5 nitrogen and oxygen atoms in total. The normalized spacial score (nSPS) is 10.3. The lowest BCUT2D eigenvalue weighted by atomic mass is 10.1. The van der Waals surface area contributed by atoms with Crippen molar-refractivity contribution in [3.8, 4) is 11.6 Å². The maximum atomic E-state index is 11.4. The Morgan fingerprint density at radius 3 is 2.67 bits per heavy atom. The van der Waals surface area contributed by atoms with Crippen molar-refractivity contribution in [3.63, 3.8) is 0 Å². The van der Waals surface area contributed by atoms with Crippen molar-refractivity contribution in [2.45, 2.75) is 0 Å². The largest absolute Gasteiger partial charge is 0.464 e. The van der Waals surface area contributed by atoms with E-state index in [0.717, 1.165) is 10.8 Å². The minimum Gasteiger partial charge on any atom is -0.464 e. The van der Waals surface area contributed by atoms with E-state index in [1.54, 1.807) is 0 Å². The van der Waals surface area contributed by atoms with E-state index in [9.17, 15) is 4.79 Å². The van der Waals surface area contributed by atoms with E-state index < -0.39 is 5.97 Å². The van der Waals surface area contributed by atoms with Crippen molar-refractivity contribution in [3.05, 3.63) is 60.6 Å². The summed E-state index contributed by atoms with van der Waals surface area (Å²) in [4.78, 5) is 19.4. The first kappa shape index (κ1) is 13.1. The van der Waals surface area contributed by atoms with Gasteiger partial charge in [-0.2, -0.15) is 0 Å². The van der Waals surface area contributed by atoms with Crippen LogP contribution >= 0.6 is 0 Å². The fourth-order valence-corrected chi connectivity index (χ4v) is 1.95.